The number of hydrogen-bond donors (Lipinski definition) is 2. The summed E-state index contributed by atoms with van der Waals surface area (Å²) in [6.45, 7) is 2.76. The van der Waals surface area contributed by atoms with Gasteiger partial charge in [0.25, 0.3) is 0 Å². The van der Waals surface area contributed by atoms with Crippen LogP contribution in [-0.4, -0.2) is 25.3 Å². The first-order valence-corrected chi connectivity index (χ1v) is 5.87. The summed E-state index contributed by atoms with van der Waals surface area (Å²) in [5, 5.41) is 2.97. The van der Waals surface area contributed by atoms with Crippen LogP contribution in [0.4, 0.5) is 13.2 Å². The van der Waals surface area contributed by atoms with Crippen molar-refractivity contribution >= 4 is 0 Å². The topological polar surface area (TPSA) is 38.0 Å². The van der Waals surface area contributed by atoms with Crippen LogP contribution < -0.4 is 11.1 Å². The smallest absolute Gasteiger partial charge is 0.330 e. The van der Waals surface area contributed by atoms with Crippen LogP contribution in [-0.2, 0) is 0 Å². The SMILES string of the molecule is CC(CC(F)(F)F)NCC1(CN)CCCC1. The number of nitrogens with two attached hydrogens (primary N) is 1. The summed E-state index contributed by atoms with van der Waals surface area (Å²) in [7, 11) is 0. The summed E-state index contributed by atoms with van der Waals surface area (Å²) >= 11 is 0. The van der Waals surface area contributed by atoms with Crippen LogP contribution in [0.2, 0.25) is 0 Å². The van der Waals surface area contributed by atoms with E-state index in [0.29, 0.717) is 13.1 Å². The molecule has 1 unspecified atom stereocenters. The first-order valence-electron chi connectivity index (χ1n) is 5.87. The number of hydrogen-bond acceptors (Lipinski definition) is 2. The molecule has 1 aliphatic rings. The van der Waals surface area contributed by atoms with Crippen molar-refractivity contribution in [3.8, 4) is 0 Å². The fourth-order valence-corrected chi connectivity index (χ4v) is 2.39. The Morgan fingerprint density at radius 2 is 1.88 bits per heavy atom. The molecule has 0 saturated heterocycles. The number of alkyl halides is 3. The van der Waals surface area contributed by atoms with Gasteiger partial charge in [0.15, 0.2) is 0 Å². The summed E-state index contributed by atoms with van der Waals surface area (Å²) in [6.07, 6.45) is -0.491. The van der Waals surface area contributed by atoms with Gasteiger partial charge in [0.05, 0.1) is 6.42 Å². The highest BCUT2D eigenvalue weighted by Crippen LogP contribution is 2.36. The summed E-state index contributed by atoms with van der Waals surface area (Å²) in [5.41, 5.74) is 5.76. The lowest BCUT2D eigenvalue weighted by Gasteiger charge is -2.29. The summed E-state index contributed by atoms with van der Waals surface area (Å²) in [5.74, 6) is 0. The van der Waals surface area contributed by atoms with Gasteiger partial charge in [-0.25, -0.2) is 0 Å². The third-order valence-electron chi connectivity index (χ3n) is 3.46. The molecule has 0 aromatic heterocycles. The maximum atomic E-state index is 12.1. The Morgan fingerprint density at radius 3 is 2.31 bits per heavy atom. The molecule has 5 heteroatoms. The van der Waals surface area contributed by atoms with E-state index in [2.05, 4.69) is 5.32 Å². The summed E-state index contributed by atoms with van der Waals surface area (Å²) in [4.78, 5) is 0. The molecule has 96 valence electrons. The van der Waals surface area contributed by atoms with Gasteiger partial charge in [-0.2, -0.15) is 13.2 Å². The van der Waals surface area contributed by atoms with Crippen LogP contribution in [0.3, 0.4) is 0 Å². The molecule has 0 bridgehead atoms. The van der Waals surface area contributed by atoms with Crippen LogP contribution in [0.1, 0.15) is 39.0 Å². The van der Waals surface area contributed by atoms with E-state index in [1.54, 1.807) is 6.92 Å². The normalized spacial score (nSPS) is 22.3. The molecule has 0 heterocycles. The Hall–Kier alpha value is -0.290. The van der Waals surface area contributed by atoms with Crippen molar-refractivity contribution in [2.45, 2.75) is 51.2 Å². The van der Waals surface area contributed by atoms with E-state index in [1.807, 2.05) is 0 Å². The molecular formula is C11H21F3N2. The fourth-order valence-electron chi connectivity index (χ4n) is 2.39. The van der Waals surface area contributed by atoms with Crippen molar-refractivity contribution in [3.63, 3.8) is 0 Å². The molecule has 1 fully saturated rings. The molecule has 0 spiro atoms. The molecule has 3 N–H and O–H groups in total. The third-order valence-corrected chi connectivity index (χ3v) is 3.46. The van der Waals surface area contributed by atoms with Gasteiger partial charge in [-0.3, -0.25) is 0 Å². The number of halogens is 3. The summed E-state index contributed by atoms with van der Waals surface area (Å²) < 4.78 is 36.4. The molecule has 1 saturated carbocycles. The monoisotopic (exact) mass is 238 g/mol. The Balaban J connectivity index is 2.32. The highest BCUT2D eigenvalue weighted by atomic mass is 19.4. The van der Waals surface area contributed by atoms with Crippen molar-refractivity contribution in [1.29, 1.82) is 0 Å². The second-order valence-corrected chi connectivity index (χ2v) is 5.01. The quantitative estimate of drug-likeness (QED) is 0.772. The van der Waals surface area contributed by atoms with Gasteiger partial charge in [-0.05, 0) is 31.7 Å². The maximum Gasteiger partial charge on any atom is 0.390 e. The highest BCUT2D eigenvalue weighted by Gasteiger charge is 2.34. The highest BCUT2D eigenvalue weighted by molar-refractivity contribution is 4.88. The van der Waals surface area contributed by atoms with E-state index in [0.717, 1.165) is 25.7 Å². The molecule has 1 atom stereocenters. The largest absolute Gasteiger partial charge is 0.390 e. The molecule has 16 heavy (non-hydrogen) atoms. The molecule has 1 aliphatic carbocycles. The average molecular weight is 238 g/mol. The lowest BCUT2D eigenvalue weighted by Crippen LogP contribution is -2.42. The Labute approximate surface area is 94.8 Å². The van der Waals surface area contributed by atoms with E-state index in [1.165, 1.54) is 0 Å². The van der Waals surface area contributed by atoms with E-state index in [4.69, 9.17) is 5.73 Å². The van der Waals surface area contributed by atoms with Crippen LogP contribution in [0, 0.1) is 5.41 Å². The molecule has 0 amide bonds. The predicted octanol–water partition coefficient (Wildman–Crippen LogP) is 2.44. The van der Waals surface area contributed by atoms with E-state index >= 15 is 0 Å². The fraction of sp³-hybridized carbons (Fsp3) is 1.00. The van der Waals surface area contributed by atoms with Gasteiger partial charge < -0.3 is 11.1 Å². The van der Waals surface area contributed by atoms with Gasteiger partial charge in [-0.15, -0.1) is 0 Å². The van der Waals surface area contributed by atoms with E-state index in [9.17, 15) is 13.2 Å². The van der Waals surface area contributed by atoms with E-state index in [-0.39, 0.29) is 5.41 Å². The van der Waals surface area contributed by atoms with Crippen molar-refractivity contribution in [2.24, 2.45) is 11.1 Å². The summed E-state index contributed by atoms with van der Waals surface area (Å²) in [6, 6.07) is -0.524. The molecule has 0 aromatic carbocycles. The minimum atomic E-state index is -4.09. The molecule has 0 radical (unpaired) electrons. The standard InChI is InChI=1S/C11H21F3N2/c1-9(6-11(12,13)14)16-8-10(7-15)4-2-3-5-10/h9,16H,2-8,15H2,1H3. The van der Waals surface area contributed by atoms with Gasteiger partial charge in [0, 0.05) is 12.6 Å². The van der Waals surface area contributed by atoms with Crippen molar-refractivity contribution in [3.05, 3.63) is 0 Å². The molecule has 0 aromatic rings. The molecule has 1 rings (SSSR count). The molecule has 0 aliphatic heterocycles. The second kappa shape index (κ2) is 5.36. The van der Waals surface area contributed by atoms with Crippen LogP contribution in [0.15, 0.2) is 0 Å². The minimum Gasteiger partial charge on any atom is -0.330 e. The Bertz CT molecular complexity index is 210. The predicted molar refractivity (Wildman–Crippen MR) is 58.1 cm³/mol. The zero-order chi connectivity index (χ0) is 12.2. The lowest BCUT2D eigenvalue weighted by atomic mass is 9.86. The number of nitrogens with one attached hydrogen (secondary N) is 1. The maximum absolute atomic E-state index is 12.1. The van der Waals surface area contributed by atoms with E-state index < -0.39 is 18.6 Å². The second-order valence-electron chi connectivity index (χ2n) is 5.01. The lowest BCUT2D eigenvalue weighted by molar-refractivity contribution is -0.139. The Kier molecular flexibility index (Phi) is 4.62. The zero-order valence-electron chi connectivity index (χ0n) is 9.74. The van der Waals surface area contributed by atoms with Gasteiger partial charge in [0.1, 0.15) is 0 Å². The van der Waals surface area contributed by atoms with Crippen LogP contribution >= 0.6 is 0 Å². The van der Waals surface area contributed by atoms with Gasteiger partial charge in [0.2, 0.25) is 0 Å². The zero-order valence-corrected chi connectivity index (χ0v) is 9.74. The van der Waals surface area contributed by atoms with Crippen molar-refractivity contribution < 1.29 is 13.2 Å². The average Bonchev–Trinajstić information content (AvgIpc) is 2.61. The van der Waals surface area contributed by atoms with Gasteiger partial charge >= 0.3 is 6.18 Å². The third kappa shape index (κ3) is 4.29. The number of rotatable bonds is 5. The minimum absolute atomic E-state index is 0.0415. The Morgan fingerprint density at radius 1 is 1.31 bits per heavy atom. The first kappa shape index (κ1) is 13.8. The molecular weight excluding hydrogens is 217 g/mol. The van der Waals surface area contributed by atoms with Gasteiger partial charge in [-0.1, -0.05) is 12.8 Å². The first-order chi connectivity index (χ1) is 7.37. The molecule has 2 nitrogen and oxygen atoms in total. The van der Waals surface area contributed by atoms with Crippen LogP contribution in [0.25, 0.3) is 0 Å². The van der Waals surface area contributed by atoms with Crippen LogP contribution in [0.5, 0.6) is 0 Å². The van der Waals surface area contributed by atoms with Crippen molar-refractivity contribution in [2.75, 3.05) is 13.1 Å². The van der Waals surface area contributed by atoms with Crippen molar-refractivity contribution in [1.82, 2.24) is 5.32 Å².